The molecule has 1 aliphatic heterocycles. The molecule has 2 aliphatic carbocycles. The van der Waals surface area contributed by atoms with E-state index < -0.39 is 0 Å². The fraction of sp³-hybridized carbons (Fsp3) is 0.522. The number of likely N-dealkylation sites (tertiary alicyclic amines) is 1. The minimum absolute atomic E-state index is 0.0225. The third-order valence-electron chi connectivity index (χ3n) is 6.75. The zero-order valence-corrected chi connectivity index (χ0v) is 17.3. The highest BCUT2D eigenvalue weighted by Crippen LogP contribution is 2.52. The largest absolute Gasteiger partial charge is 0.353 e. The van der Waals surface area contributed by atoms with E-state index in [9.17, 15) is 14.4 Å². The molecule has 154 valence electrons. The normalized spacial score (nSPS) is 28.3. The van der Waals surface area contributed by atoms with Gasteiger partial charge in [0.05, 0.1) is 17.9 Å². The molecule has 1 aromatic carbocycles. The predicted molar refractivity (Wildman–Crippen MR) is 110 cm³/mol. The second-order valence-electron chi connectivity index (χ2n) is 8.64. The van der Waals surface area contributed by atoms with Crippen molar-refractivity contribution in [2.24, 2.45) is 23.7 Å². The zero-order valence-electron chi connectivity index (χ0n) is 17.3. The van der Waals surface area contributed by atoms with Gasteiger partial charge in [-0.15, -0.1) is 0 Å². The molecule has 0 radical (unpaired) electrons. The number of allylic oxidation sites excluding steroid dienone is 2. The first kappa shape index (κ1) is 19.8. The van der Waals surface area contributed by atoms with Crippen molar-refractivity contribution in [1.29, 1.82) is 0 Å². The molecule has 6 nitrogen and oxygen atoms in total. The van der Waals surface area contributed by atoms with Gasteiger partial charge < -0.3 is 10.2 Å². The van der Waals surface area contributed by atoms with E-state index in [1.54, 1.807) is 0 Å². The Hall–Kier alpha value is -2.47. The average Bonchev–Trinajstić information content (AvgIpc) is 3.38. The highest BCUT2D eigenvalue weighted by Gasteiger charge is 2.59. The molecule has 1 saturated carbocycles. The fourth-order valence-corrected chi connectivity index (χ4v) is 5.10. The summed E-state index contributed by atoms with van der Waals surface area (Å²) in [5.41, 5.74) is 2.40. The quantitative estimate of drug-likeness (QED) is 0.564. The summed E-state index contributed by atoms with van der Waals surface area (Å²) in [6.45, 7) is 2.36. The van der Waals surface area contributed by atoms with Gasteiger partial charge in [0.2, 0.25) is 17.7 Å². The molecule has 3 amide bonds. The van der Waals surface area contributed by atoms with Crippen LogP contribution in [0.2, 0.25) is 0 Å². The number of likely N-dealkylation sites (N-methyl/N-ethyl adjacent to an activating group) is 1. The molecular weight excluding hydrogens is 366 g/mol. The van der Waals surface area contributed by atoms with Crippen LogP contribution in [0.3, 0.4) is 0 Å². The number of nitrogens with zero attached hydrogens (tertiary/aromatic N) is 2. The third kappa shape index (κ3) is 3.50. The van der Waals surface area contributed by atoms with Gasteiger partial charge in [-0.2, -0.15) is 0 Å². The highest BCUT2D eigenvalue weighted by atomic mass is 16.2. The van der Waals surface area contributed by atoms with Gasteiger partial charge in [0.15, 0.2) is 0 Å². The highest BCUT2D eigenvalue weighted by molar-refractivity contribution is 6.08. The summed E-state index contributed by atoms with van der Waals surface area (Å²) in [7, 11) is 3.95. The Morgan fingerprint density at radius 2 is 1.69 bits per heavy atom. The van der Waals surface area contributed by atoms with Crippen LogP contribution in [0, 0.1) is 23.7 Å². The standard InChI is InChI=1S/C23H29N3O3/c1-4-14-5-7-15(8-6-14)18(25(2)3)12-24-19(27)13-26-22(28)20-16-9-10-17(11-16)21(20)23(26)29/h5-10,16-18,20-21H,4,11-13H2,1-3H3,(H,24,27). The Kier molecular flexibility index (Phi) is 5.30. The molecule has 1 aromatic rings. The van der Waals surface area contributed by atoms with Crippen molar-refractivity contribution in [3.63, 3.8) is 0 Å². The Labute approximate surface area is 171 Å². The Bertz CT molecular complexity index is 815. The number of imide groups is 1. The minimum Gasteiger partial charge on any atom is -0.353 e. The van der Waals surface area contributed by atoms with Crippen molar-refractivity contribution in [3.05, 3.63) is 47.5 Å². The van der Waals surface area contributed by atoms with Crippen molar-refractivity contribution < 1.29 is 14.4 Å². The predicted octanol–water partition coefficient (Wildman–Crippen LogP) is 1.77. The molecule has 2 fully saturated rings. The van der Waals surface area contributed by atoms with Crippen LogP contribution in [-0.2, 0) is 20.8 Å². The molecule has 2 bridgehead atoms. The van der Waals surface area contributed by atoms with Crippen molar-refractivity contribution in [3.8, 4) is 0 Å². The third-order valence-corrected chi connectivity index (χ3v) is 6.75. The van der Waals surface area contributed by atoms with Crippen molar-refractivity contribution >= 4 is 17.7 Å². The Balaban J connectivity index is 1.36. The summed E-state index contributed by atoms with van der Waals surface area (Å²) in [6.07, 6.45) is 6.01. The number of carbonyl (C=O) groups is 3. The van der Waals surface area contributed by atoms with E-state index in [2.05, 4.69) is 53.6 Å². The topological polar surface area (TPSA) is 69.7 Å². The van der Waals surface area contributed by atoms with E-state index in [0.29, 0.717) is 6.54 Å². The fourth-order valence-electron chi connectivity index (χ4n) is 5.10. The molecule has 1 saturated heterocycles. The van der Waals surface area contributed by atoms with Gasteiger partial charge in [-0.25, -0.2) is 0 Å². The summed E-state index contributed by atoms with van der Waals surface area (Å²) in [6, 6.07) is 8.42. The molecule has 0 aromatic heterocycles. The smallest absolute Gasteiger partial charge is 0.240 e. The van der Waals surface area contributed by atoms with Crippen molar-refractivity contribution in [1.82, 2.24) is 15.1 Å². The lowest BCUT2D eigenvalue weighted by Crippen LogP contribution is -2.43. The second kappa shape index (κ2) is 7.75. The average molecular weight is 396 g/mol. The second-order valence-corrected chi connectivity index (χ2v) is 8.64. The minimum atomic E-state index is -0.288. The first-order chi connectivity index (χ1) is 13.9. The maximum Gasteiger partial charge on any atom is 0.240 e. The molecule has 1 N–H and O–H groups in total. The van der Waals surface area contributed by atoms with Crippen LogP contribution in [0.1, 0.15) is 30.5 Å². The molecule has 4 rings (SSSR count). The van der Waals surface area contributed by atoms with Crippen LogP contribution in [0.4, 0.5) is 0 Å². The number of amides is 3. The maximum atomic E-state index is 12.7. The molecule has 5 atom stereocenters. The summed E-state index contributed by atoms with van der Waals surface area (Å²) < 4.78 is 0. The van der Waals surface area contributed by atoms with Gasteiger partial charge >= 0.3 is 0 Å². The van der Waals surface area contributed by atoms with Gasteiger partial charge in [-0.1, -0.05) is 43.3 Å². The number of nitrogens with one attached hydrogen (secondary N) is 1. The van der Waals surface area contributed by atoms with Crippen LogP contribution >= 0.6 is 0 Å². The van der Waals surface area contributed by atoms with Gasteiger partial charge in [0, 0.05) is 6.54 Å². The molecule has 3 aliphatic rings. The molecule has 1 heterocycles. The number of rotatable bonds is 7. The lowest BCUT2D eigenvalue weighted by Gasteiger charge is -2.26. The van der Waals surface area contributed by atoms with E-state index in [0.717, 1.165) is 18.4 Å². The first-order valence-corrected chi connectivity index (χ1v) is 10.5. The SMILES string of the molecule is CCc1ccc(C(CNC(=O)CN2C(=O)C3C4C=CC(C4)C3C2=O)N(C)C)cc1. The van der Waals surface area contributed by atoms with Crippen molar-refractivity contribution in [2.45, 2.75) is 25.8 Å². The van der Waals surface area contributed by atoms with Gasteiger partial charge in [-0.3, -0.25) is 19.3 Å². The van der Waals surface area contributed by atoms with Crippen LogP contribution in [-0.4, -0.2) is 54.7 Å². The van der Waals surface area contributed by atoms with E-state index in [4.69, 9.17) is 0 Å². The Morgan fingerprint density at radius 3 is 2.21 bits per heavy atom. The first-order valence-electron chi connectivity index (χ1n) is 10.5. The summed E-state index contributed by atoms with van der Waals surface area (Å²) in [5.74, 6) is -0.812. The van der Waals surface area contributed by atoms with Gasteiger partial charge in [0.25, 0.3) is 0 Å². The summed E-state index contributed by atoms with van der Waals surface area (Å²) in [4.78, 5) is 41.3. The Morgan fingerprint density at radius 1 is 1.10 bits per heavy atom. The van der Waals surface area contributed by atoms with E-state index in [-0.39, 0.29) is 54.0 Å². The number of fused-ring (bicyclic) bond motifs is 5. The van der Waals surface area contributed by atoms with Gasteiger partial charge in [0.1, 0.15) is 6.54 Å². The van der Waals surface area contributed by atoms with Crippen LogP contribution < -0.4 is 5.32 Å². The molecular formula is C23H29N3O3. The van der Waals surface area contributed by atoms with Crippen LogP contribution in [0.25, 0.3) is 0 Å². The zero-order chi connectivity index (χ0) is 20.7. The van der Waals surface area contributed by atoms with E-state index >= 15 is 0 Å². The van der Waals surface area contributed by atoms with Crippen LogP contribution in [0.15, 0.2) is 36.4 Å². The number of carbonyl (C=O) groups excluding carboxylic acids is 3. The number of hydrogen-bond donors (Lipinski definition) is 1. The molecule has 29 heavy (non-hydrogen) atoms. The molecule has 5 unspecified atom stereocenters. The van der Waals surface area contributed by atoms with Crippen LogP contribution in [0.5, 0.6) is 0 Å². The number of aryl methyl sites for hydroxylation is 1. The van der Waals surface area contributed by atoms with E-state index in [1.165, 1.54) is 10.5 Å². The maximum absolute atomic E-state index is 12.7. The number of benzene rings is 1. The lowest BCUT2D eigenvalue weighted by molar-refractivity contribution is -0.144. The lowest BCUT2D eigenvalue weighted by atomic mass is 9.85. The summed E-state index contributed by atoms with van der Waals surface area (Å²) in [5, 5.41) is 2.92. The van der Waals surface area contributed by atoms with Gasteiger partial charge in [-0.05, 0) is 49.9 Å². The van der Waals surface area contributed by atoms with E-state index in [1.807, 2.05) is 14.1 Å². The molecule has 6 heteroatoms. The van der Waals surface area contributed by atoms with Crippen molar-refractivity contribution in [2.75, 3.05) is 27.2 Å². The monoisotopic (exact) mass is 395 g/mol. The molecule has 0 spiro atoms. The summed E-state index contributed by atoms with van der Waals surface area (Å²) >= 11 is 0. The number of hydrogen-bond acceptors (Lipinski definition) is 4.